The van der Waals surface area contributed by atoms with Crippen LogP contribution in [-0.4, -0.2) is 54.4 Å². The molecule has 7 rings (SSSR count). The molecular weight excluding hydrogens is 663 g/mol. The first-order valence-electron chi connectivity index (χ1n) is 17.7. The number of amides is 4. The average Bonchev–Trinajstić information content (AvgIpc) is 3.08. The van der Waals surface area contributed by atoms with E-state index in [9.17, 15) is 19.2 Å². The van der Waals surface area contributed by atoms with Gasteiger partial charge in [0.15, 0.2) is 0 Å². The van der Waals surface area contributed by atoms with Crippen molar-refractivity contribution in [2.75, 3.05) is 13.1 Å². The topological polar surface area (TPSA) is 74.8 Å². The third-order valence-electron chi connectivity index (χ3n) is 10.5. The Hall–Kier alpha value is -3.78. The molecule has 2 radical (unpaired) electrons. The molecule has 0 aromatic heterocycles. The molecule has 0 saturated carbocycles. The summed E-state index contributed by atoms with van der Waals surface area (Å²) in [5.74, 6) is -1.14. The van der Waals surface area contributed by atoms with Crippen LogP contribution in [0.2, 0.25) is 0 Å². The normalized spacial score (nSPS) is 14.6. The number of unbranched alkanes of at least 4 members (excludes halogenated alkanes) is 10. The largest absolute Gasteiger partial charge is 0.274 e. The molecule has 5 aromatic carbocycles. The Labute approximate surface area is 291 Å². The van der Waals surface area contributed by atoms with Gasteiger partial charge in [0.2, 0.25) is 0 Å². The first-order chi connectivity index (χ1) is 23.3. The molecule has 0 N–H and O–H groups in total. The fourth-order valence-corrected chi connectivity index (χ4v) is 8.70. The molecule has 0 aliphatic carbocycles. The van der Waals surface area contributed by atoms with E-state index in [1.54, 1.807) is 12.1 Å². The fraction of sp³-hybridized carbons (Fsp3) is 0.400. The number of rotatable bonds is 14. The van der Waals surface area contributed by atoms with Gasteiger partial charge >= 0.3 is 0 Å². The summed E-state index contributed by atoms with van der Waals surface area (Å²) in [7, 11) is 6.82. The van der Waals surface area contributed by atoms with Crippen molar-refractivity contribution in [3.05, 3.63) is 63.1 Å². The van der Waals surface area contributed by atoms with Gasteiger partial charge in [-0.2, -0.15) is 0 Å². The lowest BCUT2D eigenvalue weighted by Gasteiger charge is -2.31. The fourth-order valence-electron chi connectivity index (χ4n) is 8.06. The standard InChI is InChI=1S/C40H40BBrN2O4/c1-3-5-7-9-11-13-19-43-37(45)25-18-16-24-34-30(42)22-28-32-26(38(46)44(40(28)48)20-14-12-10-8-6-4-2)17-15-23(36(32)34)33-29(41)21-27(39(43)47)31(25)35(24)33/h15-18,21-22H,3-14,19-20H2,1-2H3. The highest BCUT2D eigenvalue weighted by Gasteiger charge is 2.37. The van der Waals surface area contributed by atoms with E-state index < -0.39 is 0 Å². The van der Waals surface area contributed by atoms with Gasteiger partial charge in [-0.1, -0.05) is 118 Å². The predicted molar refractivity (Wildman–Crippen MR) is 198 cm³/mol. The molecule has 244 valence electrons. The average molecular weight is 703 g/mol. The van der Waals surface area contributed by atoms with Crippen LogP contribution in [-0.2, 0) is 0 Å². The van der Waals surface area contributed by atoms with E-state index in [4.69, 9.17) is 7.85 Å². The van der Waals surface area contributed by atoms with Crippen molar-refractivity contribution in [1.29, 1.82) is 0 Å². The van der Waals surface area contributed by atoms with Crippen LogP contribution in [0.3, 0.4) is 0 Å². The maximum Gasteiger partial charge on any atom is 0.261 e. The Morgan fingerprint density at radius 3 is 1.44 bits per heavy atom. The Kier molecular flexibility index (Phi) is 9.05. The summed E-state index contributed by atoms with van der Waals surface area (Å²) in [5.41, 5.74) is 2.36. The van der Waals surface area contributed by atoms with Crippen molar-refractivity contribution in [3.63, 3.8) is 0 Å². The summed E-state index contributed by atoms with van der Waals surface area (Å²) in [6.07, 6.45) is 12.7. The van der Waals surface area contributed by atoms with Gasteiger partial charge in [0.25, 0.3) is 23.6 Å². The number of carbonyl (C=O) groups excluding carboxylic acids is 4. The summed E-state index contributed by atoms with van der Waals surface area (Å²) in [5, 5.41) is 5.98. The van der Waals surface area contributed by atoms with Crippen LogP contribution in [0.25, 0.3) is 43.1 Å². The van der Waals surface area contributed by atoms with E-state index >= 15 is 0 Å². The Morgan fingerprint density at radius 2 is 0.917 bits per heavy atom. The van der Waals surface area contributed by atoms with Crippen LogP contribution in [0, 0.1) is 0 Å². The molecule has 2 aliphatic rings. The number of fused-ring (bicyclic) bond motifs is 2. The summed E-state index contributed by atoms with van der Waals surface area (Å²) in [6, 6.07) is 11.0. The molecule has 0 saturated heterocycles. The van der Waals surface area contributed by atoms with Crippen molar-refractivity contribution < 1.29 is 19.2 Å². The lowest BCUT2D eigenvalue weighted by molar-refractivity contribution is 0.0592. The maximum atomic E-state index is 13.9. The molecule has 0 spiro atoms. The Balaban J connectivity index is 1.33. The van der Waals surface area contributed by atoms with Gasteiger partial charge in [0.1, 0.15) is 7.85 Å². The monoisotopic (exact) mass is 702 g/mol. The molecule has 5 aromatic rings. The zero-order valence-corrected chi connectivity index (χ0v) is 29.4. The minimum absolute atomic E-state index is 0.272. The molecule has 8 heteroatoms. The second-order valence-corrected chi connectivity index (χ2v) is 14.4. The second-order valence-electron chi connectivity index (χ2n) is 13.6. The van der Waals surface area contributed by atoms with Crippen LogP contribution in [0.5, 0.6) is 0 Å². The zero-order valence-electron chi connectivity index (χ0n) is 27.8. The van der Waals surface area contributed by atoms with Gasteiger partial charge in [-0.25, -0.2) is 0 Å². The number of hydrogen-bond acceptors (Lipinski definition) is 4. The molecule has 4 amide bonds. The Bertz CT molecular complexity index is 1990. The van der Waals surface area contributed by atoms with Crippen molar-refractivity contribution in [3.8, 4) is 0 Å². The number of halogens is 1. The van der Waals surface area contributed by atoms with E-state index in [1.165, 1.54) is 41.9 Å². The molecule has 0 fully saturated rings. The first kappa shape index (κ1) is 32.8. The van der Waals surface area contributed by atoms with E-state index in [0.717, 1.165) is 77.3 Å². The van der Waals surface area contributed by atoms with Crippen LogP contribution < -0.4 is 5.46 Å². The molecular formula is C40H40BBrN2O4. The molecule has 0 unspecified atom stereocenters. The molecule has 0 atom stereocenters. The van der Waals surface area contributed by atoms with Crippen molar-refractivity contribution in [1.82, 2.24) is 9.80 Å². The summed E-state index contributed by atoms with van der Waals surface area (Å²) in [6.45, 7) is 5.14. The zero-order chi connectivity index (χ0) is 33.7. The number of imide groups is 2. The molecule has 48 heavy (non-hydrogen) atoms. The van der Waals surface area contributed by atoms with Gasteiger partial charge in [-0.05, 0) is 52.6 Å². The van der Waals surface area contributed by atoms with Gasteiger partial charge in [0.05, 0.1) is 0 Å². The van der Waals surface area contributed by atoms with Gasteiger partial charge in [-0.3, -0.25) is 29.0 Å². The highest BCUT2D eigenvalue weighted by atomic mass is 79.9. The molecule has 2 aliphatic heterocycles. The van der Waals surface area contributed by atoms with Crippen molar-refractivity contribution in [2.24, 2.45) is 0 Å². The number of carbonyl (C=O) groups is 4. The van der Waals surface area contributed by atoms with Crippen LogP contribution in [0.1, 0.15) is 132 Å². The van der Waals surface area contributed by atoms with Crippen LogP contribution in [0.15, 0.2) is 40.9 Å². The second kappa shape index (κ2) is 13.3. The highest BCUT2D eigenvalue weighted by molar-refractivity contribution is 9.10. The van der Waals surface area contributed by atoms with Crippen molar-refractivity contribution in [2.45, 2.75) is 90.9 Å². The molecule has 6 nitrogen and oxygen atoms in total. The molecule has 2 heterocycles. The van der Waals surface area contributed by atoms with E-state index in [2.05, 4.69) is 29.8 Å². The predicted octanol–water partition coefficient (Wildman–Crippen LogP) is 9.21. The van der Waals surface area contributed by atoms with Crippen LogP contribution in [0.4, 0.5) is 0 Å². The first-order valence-corrected chi connectivity index (χ1v) is 18.5. The lowest BCUT2D eigenvalue weighted by Crippen LogP contribution is -2.41. The minimum atomic E-state index is -0.312. The Morgan fingerprint density at radius 1 is 0.500 bits per heavy atom. The molecule has 0 bridgehead atoms. The smallest absolute Gasteiger partial charge is 0.261 e. The van der Waals surface area contributed by atoms with Gasteiger partial charge < -0.3 is 0 Å². The van der Waals surface area contributed by atoms with E-state index in [0.29, 0.717) is 56.1 Å². The van der Waals surface area contributed by atoms with Gasteiger partial charge in [-0.15, -0.1) is 0 Å². The highest BCUT2D eigenvalue weighted by Crippen LogP contribution is 2.48. The maximum absolute atomic E-state index is 13.9. The number of nitrogens with zero attached hydrogens (tertiary/aromatic N) is 2. The van der Waals surface area contributed by atoms with Crippen molar-refractivity contribution >= 4 is 96.0 Å². The number of benzene rings is 5. The summed E-state index contributed by atoms with van der Waals surface area (Å²) < 4.78 is 0.716. The minimum Gasteiger partial charge on any atom is -0.274 e. The van der Waals surface area contributed by atoms with E-state index in [-0.39, 0.29) is 23.6 Å². The lowest BCUT2D eigenvalue weighted by atomic mass is 9.77. The van der Waals surface area contributed by atoms with E-state index in [1.807, 2.05) is 24.3 Å². The van der Waals surface area contributed by atoms with Gasteiger partial charge in [0, 0.05) is 61.4 Å². The quantitative estimate of drug-likeness (QED) is 0.0380. The van der Waals surface area contributed by atoms with Crippen LogP contribution >= 0.6 is 15.9 Å². The third-order valence-corrected chi connectivity index (χ3v) is 11.1. The summed E-state index contributed by atoms with van der Waals surface area (Å²) in [4.78, 5) is 58.3. The SMILES string of the molecule is [B]c1cc2c3c(ccc4c5c(Br)cc6c7c(ccc(c1c34)c75)C(=O)N(CCCCCCCC)C6=O)C(=O)N(CCCCCCCC)C2=O. The third kappa shape index (κ3) is 5.13. The number of hydrogen-bond donors (Lipinski definition) is 0. The summed E-state index contributed by atoms with van der Waals surface area (Å²) >= 11 is 3.79.